The Kier molecular flexibility index (Phi) is 5.42. The van der Waals surface area contributed by atoms with E-state index in [1.54, 1.807) is 33.5 Å². The number of piperazine rings is 1. The Morgan fingerprint density at radius 1 is 0.848 bits per heavy atom. The van der Waals surface area contributed by atoms with Gasteiger partial charge < -0.3 is 28.4 Å². The van der Waals surface area contributed by atoms with Gasteiger partial charge in [-0.05, 0) is 36.4 Å². The van der Waals surface area contributed by atoms with Crippen LogP contribution < -0.4 is 19.1 Å². The molecule has 1 saturated heterocycles. The number of aromatic nitrogens is 2. The number of carbonyl (C=O) groups excluding carboxylic acids is 1. The van der Waals surface area contributed by atoms with Crippen LogP contribution in [0.15, 0.2) is 54.7 Å². The average molecular weight is 447 g/mol. The molecule has 0 N–H and O–H groups in total. The minimum absolute atomic E-state index is 0.0618. The number of rotatable bonds is 5. The number of nitrogens with zero attached hydrogens (tertiary/aromatic N) is 4. The first kappa shape index (κ1) is 20.9. The number of ether oxygens (including phenoxy) is 3. The maximum absolute atomic E-state index is 13.3. The van der Waals surface area contributed by atoms with E-state index in [1.165, 1.54) is 0 Å². The molecule has 170 valence electrons. The van der Waals surface area contributed by atoms with Crippen molar-refractivity contribution in [1.29, 1.82) is 0 Å². The topological polar surface area (TPSA) is 68.5 Å². The van der Waals surface area contributed by atoms with Gasteiger partial charge in [0.15, 0.2) is 17.3 Å². The molecule has 0 atom stereocenters. The van der Waals surface area contributed by atoms with Gasteiger partial charge in [-0.25, -0.2) is 4.98 Å². The molecule has 0 bridgehead atoms. The predicted molar refractivity (Wildman–Crippen MR) is 127 cm³/mol. The molecule has 5 rings (SSSR count). The second kappa shape index (κ2) is 8.54. The molecule has 0 radical (unpaired) electrons. The fraction of sp³-hybridized carbons (Fsp3) is 0.280. The zero-order chi connectivity index (χ0) is 22.9. The van der Waals surface area contributed by atoms with Crippen LogP contribution in [0.5, 0.6) is 17.2 Å². The van der Waals surface area contributed by atoms with Gasteiger partial charge in [-0.15, -0.1) is 0 Å². The summed E-state index contributed by atoms with van der Waals surface area (Å²) in [6, 6.07) is 15.7. The Bertz CT molecular complexity index is 1300. The van der Waals surface area contributed by atoms with Crippen molar-refractivity contribution in [2.24, 2.45) is 0 Å². The van der Waals surface area contributed by atoms with E-state index in [0.717, 1.165) is 22.4 Å². The Balaban J connectivity index is 1.38. The highest BCUT2D eigenvalue weighted by Gasteiger charge is 2.26. The molecule has 1 fully saturated rings. The van der Waals surface area contributed by atoms with Crippen molar-refractivity contribution in [1.82, 2.24) is 14.3 Å². The fourth-order valence-electron chi connectivity index (χ4n) is 4.45. The summed E-state index contributed by atoms with van der Waals surface area (Å²) in [5, 5.41) is 0. The lowest BCUT2D eigenvalue weighted by atomic mass is 10.1. The molecule has 0 unspecified atom stereocenters. The highest BCUT2D eigenvalue weighted by atomic mass is 16.5. The van der Waals surface area contributed by atoms with Crippen molar-refractivity contribution in [2.45, 2.75) is 0 Å². The monoisotopic (exact) mass is 446 g/mol. The zero-order valence-corrected chi connectivity index (χ0v) is 18.9. The molecule has 8 heteroatoms. The van der Waals surface area contributed by atoms with Crippen LogP contribution in [0.2, 0.25) is 0 Å². The number of hydrogen-bond acceptors (Lipinski definition) is 6. The van der Waals surface area contributed by atoms with Crippen molar-refractivity contribution in [3.8, 4) is 17.2 Å². The van der Waals surface area contributed by atoms with E-state index < -0.39 is 0 Å². The Morgan fingerprint density at radius 3 is 2.18 bits per heavy atom. The first-order valence-electron chi connectivity index (χ1n) is 10.8. The third-order valence-electron chi connectivity index (χ3n) is 6.12. The Labute approximate surface area is 191 Å². The smallest absolute Gasteiger partial charge is 0.254 e. The lowest BCUT2D eigenvalue weighted by molar-refractivity contribution is 0.0745. The first-order valence-corrected chi connectivity index (χ1v) is 10.8. The van der Waals surface area contributed by atoms with Gasteiger partial charge in [0.1, 0.15) is 0 Å². The Hall–Kier alpha value is -3.94. The molecule has 0 saturated carbocycles. The highest BCUT2D eigenvalue weighted by Crippen LogP contribution is 2.38. The van der Waals surface area contributed by atoms with Crippen molar-refractivity contribution in [3.63, 3.8) is 0 Å². The fourth-order valence-corrected chi connectivity index (χ4v) is 4.45. The molecular formula is C25H26N4O4. The summed E-state index contributed by atoms with van der Waals surface area (Å²) in [7, 11) is 4.64. The first-order chi connectivity index (χ1) is 16.1. The number of para-hydroxylation sites is 2. The molecule has 4 aromatic rings. The Morgan fingerprint density at radius 2 is 1.52 bits per heavy atom. The normalized spacial score (nSPS) is 14.0. The van der Waals surface area contributed by atoms with Crippen molar-refractivity contribution in [2.75, 3.05) is 52.4 Å². The van der Waals surface area contributed by atoms with Crippen LogP contribution in [0.25, 0.3) is 16.6 Å². The second-order valence-electron chi connectivity index (χ2n) is 7.88. The molecule has 3 heterocycles. The van der Waals surface area contributed by atoms with Gasteiger partial charge in [0.2, 0.25) is 5.75 Å². The van der Waals surface area contributed by atoms with Crippen molar-refractivity contribution >= 4 is 28.3 Å². The van der Waals surface area contributed by atoms with E-state index in [2.05, 4.69) is 27.6 Å². The summed E-state index contributed by atoms with van der Waals surface area (Å²) in [6.07, 6.45) is 2.06. The number of methoxy groups -OCH3 is 3. The van der Waals surface area contributed by atoms with E-state index in [-0.39, 0.29) is 5.91 Å². The number of hydrogen-bond donors (Lipinski definition) is 0. The SMILES string of the molecule is COc1cc(C(=O)N2CCN(c3nc4ccccc4n4cccc34)CC2)cc(OC)c1OC. The van der Waals surface area contributed by atoms with Crippen LogP contribution in [-0.2, 0) is 0 Å². The molecule has 0 aliphatic carbocycles. The van der Waals surface area contributed by atoms with Gasteiger partial charge >= 0.3 is 0 Å². The predicted octanol–water partition coefficient (Wildman–Crippen LogP) is 3.48. The molecule has 0 spiro atoms. The second-order valence-corrected chi connectivity index (χ2v) is 7.88. The van der Waals surface area contributed by atoms with Crippen LogP contribution in [0.1, 0.15) is 10.4 Å². The van der Waals surface area contributed by atoms with E-state index in [9.17, 15) is 4.79 Å². The largest absolute Gasteiger partial charge is 0.493 e. The summed E-state index contributed by atoms with van der Waals surface area (Å²) in [5.41, 5.74) is 3.61. The number of benzene rings is 2. The molecule has 2 aromatic heterocycles. The van der Waals surface area contributed by atoms with Crippen molar-refractivity contribution in [3.05, 3.63) is 60.3 Å². The summed E-state index contributed by atoms with van der Waals surface area (Å²) in [6.45, 7) is 2.58. The minimum Gasteiger partial charge on any atom is -0.493 e. The van der Waals surface area contributed by atoms with E-state index in [0.29, 0.717) is 49.0 Å². The van der Waals surface area contributed by atoms with Gasteiger partial charge in [0, 0.05) is 37.9 Å². The molecule has 1 aliphatic heterocycles. The van der Waals surface area contributed by atoms with E-state index in [1.807, 2.05) is 29.2 Å². The molecule has 8 nitrogen and oxygen atoms in total. The molecule has 2 aromatic carbocycles. The van der Waals surface area contributed by atoms with Crippen LogP contribution in [0.4, 0.5) is 5.82 Å². The third kappa shape index (κ3) is 3.57. The molecule has 1 aliphatic rings. The lowest BCUT2D eigenvalue weighted by Crippen LogP contribution is -2.49. The number of carbonyl (C=O) groups is 1. The van der Waals surface area contributed by atoms with E-state index in [4.69, 9.17) is 19.2 Å². The van der Waals surface area contributed by atoms with Crippen molar-refractivity contribution < 1.29 is 19.0 Å². The molecule has 33 heavy (non-hydrogen) atoms. The maximum Gasteiger partial charge on any atom is 0.254 e. The van der Waals surface area contributed by atoms with E-state index >= 15 is 0 Å². The van der Waals surface area contributed by atoms with Crippen LogP contribution in [-0.4, -0.2) is 67.7 Å². The van der Waals surface area contributed by atoms with Gasteiger partial charge in [0.25, 0.3) is 5.91 Å². The lowest BCUT2D eigenvalue weighted by Gasteiger charge is -2.36. The summed E-state index contributed by atoms with van der Waals surface area (Å²) < 4.78 is 18.4. The van der Waals surface area contributed by atoms with Crippen LogP contribution in [0.3, 0.4) is 0 Å². The third-order valence-corrected chi connectivity index (χ3v) is 6.12. The highest BCUT2D eigenvalue weighted by molar-refractivity contribution is 5.96. The zero-order valence-electron chi connectivity index (χ0n) is 18.9. The summed E-state index contributed by atoms with van der Waals surface area (Å²) >= 11 is 0. The number of fused-ring (bicyclic) bond motifs is 3. The van der Waals surface area contributed by atoms with Crippen LogP contribution in [0, 0.1) is 0 Å². The quantitative estimate of drug-likeness (QED) is 0.468. The number of anilines is 1. The maximum atomic E-state index is 13.3. The van der Waals surface area contributed by atoms with Crippen LogP contribution >= 0.6 is 0 Å². The number of amides is 1. The van der Waals surface area contributed by atoms with Gasteiger partial charge in [-0.1, -0.05) is 12.1 Å². The van der Waals surface area contributed by atoms with Gasteiger partial charge in [-0.3, -0.25) is 4.79 Å². The van der Waals surface area contributed by atoms with Gasteiger partial charge in [-0.2, -0.15) is 0 Å². The average Bonchev–Trinajstić information content (AvgIpc) is 3.37. The standard InChI is InChI=1S/C25H26N4O4/c1-31-21-15-17(16-22(32-2)23(21)33-3)25(30)28-13-11-27(12-14-28)24-20-9-6-10-29(20)19-8-5-4-7-18(19)26-24/h4-10,15-16H,11-14H2,1-3H3. The molecular weight excluding hydrogens is 420 g/mol. The minimum atomic E-state index is -0.0618. The summed E-state index contributed by atoms with van der Waals surface area (Å²) in [5.74, 6) is 2.29. The van der Waals surface area contributed by atoms with Gasteiger partial charge in [0.05, 0.1) is 37.9 Å². The molecule has 1 amide bonds. The summed E-state index contributed by atoms with van der Waals surface area (Å²) in [4.78, 5) is 22.3.